The van der Waals surface area contributed by atoms with E-state index in [2.05, 4.69) is 0 Å². The lowest BCUT2D eigenvalue weighted by atomic mass is 10.2. The molecule has 0 fully saturated rings. The second kappa shape index (κ2) is 10.5. The Morgan fingerprint density at radius 2 is 1.53 bits per heavy atom. The molecule has 2 N–H and O–H groups in total. The van der Waals surface area contributed by atoms with Crippen molar-refractivity contribution in [1.82, 2.24) is 4.90 Å². The van der Waals surface area contributed by atoms with Gasteiger partial charge in [-0.2, -0.15) is 0 Å². The minimum Gasteiger partial charge on any atom is -0.385 e. The highest BCUT2D eigenvalue weighted by atomic mass is 16.5. The van der Waals surface area contributed by atoms with Gasteiger partial charge in [0.05, 0.1) is 19.3 Å². The van der Waals surface area contributed by atoms with Crippen LogP contribution in [0.25, 0.3) is 0 Å². The van der Waals surface area contributed by atoms with Gasteiger partial charge in [-0.1, -0.05) is 0 Å². The smallest absolute Gasteiger partial charge is 0.239 e. The molecule has 6 heteroatoms. The van der Waals surface area contributed by atoms with Crippen LogP contribution in [0.2, 0.25) is 0 Å². The SMILES string of the molecule is COCCC(N)C(=O)N(CCOC)CCOC. The Morgan fingerprint density at radius 3 is 1.94 bits per heavy atom. The maximum atomic E-state index is 12.0. The Hall–Kier alpha value is -0.690. The number of rotatable bonds is 10. The standard InChI is InChI=1S/C11H24N2O4/c1-15-7-4-10(12)11(14)13(5-8-16-2)6-9-17-3/h10H,4-9,12H2,1-3H3. The van der Waals surface area contributed by atoms with Crippen LogP contribution in [0, 0.1) is 0 Å². The van der Waals surface area contributed by atoms with Gasteiger partial charge < -0.3 is 24.8 Å². The number of ether oxygens (including phenoxy) is 3. The lowest BCUT2D eigenvalue weighted by Crippen LogP contribution is -2.46. The molecule has 102 valence electrons. The first kappa shape index (κ1) is 16.3. The van der Waals surface area contributed by atoms with E-state index >= 15 is 0 Å². The number of hydrogen-bond donors (Lipinski definition) is 1. The molecular formula is C11H24N2O4. The molecule has 0 radical (unpaired) electrons. The van der Waals surface area contributed by atoms with E-state index in [-0.39, 0.29) is 5.91 Å². The number of nitrogens with zero attached hydrogens (tertiary/aromatic N) is 1. The minimum absolute atomic E-state index is 0.0869. The summed E-state index contributed by atoms with van der Waals surface area (Å²) in [5.41, 5.74) is 5.79. The molecule has 0 aromatic rings. The highest BCUT2D eigenvalue weighted by Crippen LogP contribution is 1.98. The van der Waals surface area contributed by atoms with E-state index < -0.39 is 6.04 Å². The summed E-state index contributed by atoms with van der Waals surface area (Å²) in [6.45, 7) is 2.52. The summed E-state index contributed by atoms with van der Waals surface area (Å²) in [6, 6.07) is -0.524. The predicted octanol–water partition coefficient (Wildman–Crippen LogP) is -0.528. The van der Waals surface area contributed by atoms with E-state index in [0.717, 1.165) is 0 Å². The van der Waals surface area contributed by atoms with Gasteiger partial charge in [0.25, 0.3) is 0 Å². The van der Waals surface area contributed by atoms with Crippen molar-refractivity contribution in [2.75, 3.05) is 54.2 Å². The number of hydrogen-bond acceptors (Lipinski definition) is 5. The van der Waals surface area contributed by atoms with Crippen LogP contribution in [0.5, 0.6) is 0 Å². The fourth-order valence-corrected chi connectivity index (χ4v) is 1.34. The fourth-order valence-electron chi connectivity index (χ4n) is 1.34. The molecule has 0 bridgehead atoms. The summed E-state index contributed by atoms with van der Waals surface area (Å²) in [5, 5.41) is 0. The van der Waals surface area contributed by atoms with Crippen molar-refractivity contribution < 1.29 is 19.0 Å². The molecule has 0 aliphatic heterocycles. The van der Waals surface area contributed by atoms with Gasteiger partial charge >= 0.3 is 0 Å². The zero-order valence-electron chi connectivity index (χ0n) is 11.0. The predicted molar refractivity (Wildman–Crippen MR) is 64.8 cm³/mol. The largest absolute Gasteiger partial charge is 0.385 e. The summed E-state index contributed by atoms with van der Waals surface area (Å²) >= 11 is 0. The molecule has 6 nitrogen and oxygen atoms in total. The van der Waals surface area contributed by atoms with Crippen molar-refractivity contribution >= 4 is 5.91 Å². The first-order chi connectivity index (χ1) is 8.17. The van der Waals surface area contributed by atoms with Crippen molar-refractivity contribution in [3.63, 3.8) is 0 Å². The minimum atomic E-state index is -0.524. The molecule has 1 amide bonds. The van der Waals surface area contributed by atoms with Gasteiger partial charge in [-0.25, -0.2) is 0 Å². The molecule has 1 unspecified atom stereocenters. The third-order valence-corrected chi connectivity index (χ3v) is 2.39. The average Bonchev–Trinajstić information content (AvgIpc) is 2.35. The van der Waals surface area contributed by atoms with E-state index in [4.69, 9.17) is 19.9 Å². The number of methoxy groups -OCH3 is 3. The van der Waals surface area contributed by atoms with Crippen LogP contribution >= 0.6 is 0 Å². The highest BCUT2D eigenvalue weighted by Gasteiger charge is 2.20. The van der Waals surface area contributed by atoms with E-state index in [0.29, 0.717) is 39.3 Å². The molecule has 0 spiro atoms. The molecule has 0 aliphatic carbocycles. The van der Waals surface area contributed by atoms with Crippen LogP contribution in [0.4, 0.5) is 0 Å². The molecule has 0 saturated carbocycles. The molecule has 0 aromatic carbocycles. The zero-order valence-corrected chi connectivity index (χ0v) is 11.0. The Balaban J connectivity index is 4.18. The normalized spacial score (nSPS) is 12.5. The molecule has 0 aromatic heterocycles. The first-order valence-corrected chi connectivity index (χ1v) is 5.68. The van der Waals surface area contributed by atoms with Crippen LogP contribution in [-0.4, -0.2) is 71.1 Å². The molecule has 1 atom stereocenters. The summed E-state index contributed by atoms with van der Waals surface area (Å²) in [7, 11) is 4.79. The van der Waals surface area contributed by atoms with Gasteiger partial charge in [-0.3, -0.25) is 4.79 Å². The molecule has 0 saturated heterocycles. The lowest BCUT2D eigenvalue weighted by molar-refractivity contribution is -0.134. The molecule has 0 aliphatic rings. The van der Waals surface area contributed by atoms with Gasteiger partial charge in [-0.05, 0) is 6.42 Å². The van der Waals surface area contributed by atoms with E-state index in [1.54, 1.807) is 26.2 Å². The Labute approximate surface area is 103 Å². The van der Waals surface area contributed by atoms with Crippen LogP contribution < -0.4 is 5.73 Å². The number of nitrogens with two attached hydrogens (primary N) is 1. The number of carbonyl (C=O) groups is 1. The van der Waals surface area contributed by atoms with Gasteiger partial charge in [0.2, 0.25) is 5.91 Å². The quantitative estimate of drug-likeness (QED) is 0.562. The topological polar surface area (TPSA) is 74.0 Å². The molecular weight excluding hydrogens is 224 g/mol. The van der Waals surface area contributed by atoms with Crippen molar-refractivity contribution in [2.24, 2.45) is 5.73 Å². The molecule has 17 heavy (non-hydrogen) atoms. The van der Waals surface area contributed by atoms with E-state index in [1.807, 2.05) is 0 Å². The maximum absolute atomic E-state index is 12.0. The maximum Gasteiger partial charge on any atom is 0.239 e. The number of carbonyl (C=O) groups excluding carboxylic acids is 1. The van der Waals surface area contributed by atoms with Crippen LogP contribution in [0.1, 0.15) is 6.42 Å². The highest BCUT2D eigenvalue weighted by molar-refractivity contribution is 5.81. The Kier molecular flexibility index (Phi) is 10.0. The van der Waals surface area contributed by atoms with Crippen LogP contribution in [-0.2, 0) is 19.0 Å². The molecule has 0 heterocycles. The van der Waals surface area contributed by atoms with Gasteiger partial charge in [0.15, 0.2) is 0 Å². The Morgan fingerprint density at radius 1 is 1.06 bits per heavy atom. The Bertz CT molecular complexity index is 194. The van der Waals surface area contributed by atoms with Crippen LogP contribution in [0.15, 0.2) is 0 Å². The van der Waals surface area contributed by atoms with Crippen molar-refractivity contribution in [3.8, 4) is 0 Å². The van der Waals surface area contributed by atoms with E-state index in [1.165, 1.54) is 0 Å². The van der Waals surface area contributed by atoms with Crippen LogP contribution in [0.3, 0.4) is 0 Å². The van der Waals surface area contributed by atoms with E-state index in [9.17, 15) is 4.79 Å². The zero-order chi connectivity index (χ0) is 13.1. The lowest BCUT2D eigenvalue weighted by Gasteiger charge is -2.25. The van der Waals surface area contributed by atoms with Crippen molar-refractivity contribution in [1.29, 1.82) is 0 Å². The second-order valence-corrected chi connectivity index (χ2v) is 3.70. The average molecular weight is 248 g/mol. The molecule has 0 rings (SSSR count). The fraction of sp³-hybridized carbons (Fsp3) is 0.909. The van der Waals surface area contributed by atoms with Crippen molar-refractivity contribution in [3.05, 3.63) is 0 Å². The summed E-state index contributed by atoms with van der Waals surface area (Å²) < 4.78 is 14.8. The summed E-state index contributed by atoms with van der Waals surface area (Å²) in [4.78, 5) is 13.7. The number of amides is 1. The second-order valence-electron chi connectivity index (χ2n) is 3.70. The van der Waals surface area contributed by atoms with Gasteiger partial charge in [0.1, 0.15) is 0 Å². The third kappa shape index (κ3) is 7.27. The summed E-state index contributed by atoms with van der Waals surface area (Å²) in [5.74, 6) is -0.0869. The van der Waals surface area contributed by atoms with Crippen molar-refractivity contribution in [2.45, 2.75) is 12.5 Å². The monoisotopic (exact) mass is 248 g/mol. The first-order valence-electron chi connectivity index (χ1n) is 5.68. The third-order valence-electron chi connectivity index (χ3n) is 2.39. The van der Waals surface area contributed by atoms with Gasteiger partial charge in [0, 0.05) is 41.0 Å². The van der Waals surface area contributed by atoms with Gasteiger partial charge in [-0.15, -0.1) is 0 Å². The summed E-state index contributed by atoms with van der Waals surface area (Å²) in [6.07, 6.45) is 0.520.